The number of aromatic nitrogens is 2. The van der Waals surface area contributed by atoms with Crippen LogP contribution >= 0.6 is 11.5 Å². The Kier molecular flexibility index (Phi) is 4.31. The minimum atomic E-state index is 0.308. The minimum absolute atomic E-state index is 0.308. The Morgan fingerprint density at radius 1 is 1.59 bits per heavy atom. The Morgan fingerprint density at radius 3 is 3.12 bits per heavy atom. The van der Waals surface area contributed by atoms with E-state index in [1.54, 1.807) is 0 Å². The fraction of sp³-hybridized carbons (Fsp3) is 0.818. The Balaban J connectivity index is 2.05. The van der Waals surface area contributed by atoms with Gasteiger partial charge in [-0.05, 0) is 13.3 Å². The molecule has 17 heavy (non-hydrogen) atoms. The predicted octanol–water partition coefficient (Wildman–Crippen LogP) is 1.58. The Bertz CT molecular complexity index is 357. The molecule has 2 atom stereocenters. The van der Waals surface area contributed by atoms with E-state index in [4.69, 9.17) is 4.74 Å². The average Bonchev–Trinajstić information content (AvgIpc) is 2.77. The lowest BCUT2D eigenvalue weighted by Gasteiger charge is -2.37. The Hall–Kier alpha value is -0.720. The van der Waals surface area contributed by atoms with Crippen LogP contribution in [0.4, 0.5) is 5.00 Å². The van der Waals surface area contributed by atoms with Crippen molar-refractivity contribution in [3.8, 4) is 0 Å². The first-order chi connectivity index (χ1) is 8.24. The quantitative estimate of drug-likeness (QED) is 0.886. The van der Waals surface area contributed by atoms with E-state index in [9.17, 15) is 0 Å². The van der Waals surface area contributed by atoms with E-state index >= 15 is 0 Å². The summed E-state index contributed by atoms with van der Waals surface area (Å²) in [5.74, 6) is 0. The van der Waals surface area contributed by atoms with Crippen molar-refractivity contribution in [2.45, 2.75) is 39.0 Å². The lowest BCUT2D eigenvalue weighted by molar-refractivity contribution is -0.0595. The predicted molar refractivity (Wildman–Crippen MR) is 69.4 cm³/mol. The zero-order valence-corrected chi connectivity index (χ0v) is 11.5. The highest BCUT2D eigenvalue weighted by molar-refractivity contribution is 7.10. The normalized spacial score (nSPS) is 26.1. The van der Waals surface area contributed by atoms with E-state index in [1.165, 1.54) is 11.5 Å². The van der Waals surface area contributed by atoms with Gasteiger partial charge >= 0.3 is 0 Å². The smallest absolute Gasteiger partial charge is 0.134 e. The zero-order valence-electron chi connectivity index (χ0n) is 10.6. The van der Waals surface area contributed by atoms with Crippen molar-refractivity contribution in [3.05, 3.63) is 5.69 Å². The van der Waals surface area contributed by atoms with Crippen molar-refractivity contribution in [2.24, 2.45) is 0 Å². The number of hydrogen-bond acceptors (Lipinski definition) is 6. The van der Waals surface area contributed by atoms with Crippen LogP contribution in [0.3, 0.4) is 0 Å². The van der Waals surface area contributed by atoms with Gasteiger partial charge in [0.05, 0.1) is 12.7 Å². The van der Waals surface area contributed by atoms with E-state index in [-0.39, 0.29) is 0 Å². The van der Waals surface area contributed by atoms with Gasteiger partial charge in [0, 0.05) is 37.7 Å². The fourth-order valence-corrected chi connectivity index (χ4v) is 2.70. The van der Waals surface area contributed by atoms with Crippen molar-refractivity contribution in [1.29, 1.82) is 0 Å². The van der Waals surface area contributed by atoms with Crippen LogP contribution < -0.4 is 5.32 Å². The molecule has 1 aliphatic heterocycles. The van der Waals surface area contributed by atoms with Crippen molar-refractivity contribution in [2.75, 3.05) is 25.5 Å². The molecule has 0 amide bonds. The standard InChI is InChI=1S/C11H20N4OS/c1-4-9-7-16-8(2)5-15(9)6-10-11(12-3)17-14-13-10/h8-9,12H,4-7H2,1-3H3. The van der Waals surface area contributed by atoms with Crippen molar-refractivity contribution in [3.63, 3.8) is 0 Å². The Morgan fingerprint density at radius 2 is 2.41 bits per heavy atom. The van der Waals surface area contributed by atoms with Crippen LogP contribution in [0.15, 0.2) is 0 Å². The molecule has 96 valence electrons. The molecule has 5 nitrogen and oxygen atoms in total. The number of ether oxygens (including phenoxy) is 1. The van der Waals surface area contributed by atoms with Gasteiger partial charge in [-0.25, -0.2) is 0 Å². The van der Waals surface area contributed by atoms with Crippen LogP contribution in [0.25, 0.3) is 0 Å². The van der Waals surface area contributed by atoms with E-state index < -0.39 is 0 Å². The second-order valence-corrected chi connectivity index (χ2v) is 5.19. The summed E-state index contributed by atoms with van der Waals surface area (Å²) in [6.07, 6.45) is 1.42. The van der Waals surface area contributed by atoms with E-state index in [0.29, 0.717) is 12.1 Å². The molecule has 1 saturated heterocycles. The van der Waals surface area contributed by atoms with Crippen LogP contribution in [0.1, 0.15) is 26.0 Å². The maximum absolute atomic E-state index is 5.70. The second kappa shape index (κ2) is 5.75. The molecule has 0 radical (unpaired) electrons. The van der Waals surface area contributed by atoms with Crippen LogP contribution in [0.5, 0.6) is 0 Å². The summed E-state index contributed by atoms with van der Waals surface area (Å²) in [6, 6.07) is 0.498. The first-order valence-electron chi connectivity index (χ1n) is 6.09. The second-order valence-electron chi connectivity index (χ2n) is 4.43. The molecule has 2 heterocycles. The number of nitrogens with zero attached hydrogens (tertiary/aromatic N) is 3. The van der Waals surface area contributed by atoms with E-state index in [0.717, 1.165) is 36.8 Å². The third-order valence-corrected chi connectivity index (χ3v) is 3.97. The number of nitrogens with one attached hydrogen (secondary N) is 1. The SMILES string of the molecule is CCC1COC(C)CN1Cc1nnsc1NC. The highest BCUT2D eigenvalue weighted by atomic mass is 32.1. The van der Waals surface area contributed by atoms with Crippen molar-refractivity contribution < 1.29 is 4.74 Å². The molecule has 0 saturated carbocycles. The molecule has 1 aliphatic rings. The molecule has 1 aromatic rings. The molecule has 6 heteroatoms. The molecule has 0 spiro atoms. The van der Waals surface area contributed by atoms with Gasteiger partial charge in [0.15, 0.2) is 0 Å². The summed E-state index contributed by atoms with van der Waals surface area (Å²) in [5, 5.41) is 8.41. The molecule has 2 unspecified atom stereocenters. The third-order valence-electron chi connectivity index (χ3n) is 3.19. The van der Waals surface area contributed by atoms with Crippen LogP contribution in [-0.4, -0.2) is 46.8 Å². The molecule has 1 aromatic heterocycles. The van der Waals surface area contributed by atoms with Crippen molar-refractivity contribution >= 4 is 16.5 Å². The van der Waals surface area contributed by atoms with Gasteiger partial charge in [-0.2, -0.15) is 0 Å². The fourth-order valence-electron chi connectivity index (χ4n) is 2.18. The van der Waals surface area contributed by atoms with Gasteiger partial charge in [-0.3, -0.25) is 4.90 Å². The van der Waals surface area contributed by atoms with Gasteiger partial charge in [0.25, 0.3) is 0 Å². The monoisotopic (exact) mass is 256 g/mol. The lowest BCUT2D eigenvalue weighted by Crippen LogP contribution is -2.48. The minimum Gasteiger partial charge on any atom is -0.377 e. The average molecular weight is 256 g/mol. The number of hydrogen-bond donors (Lipinski definition) is 1. The maximum atomic E-state index is 5.70. The van der Waals surface area contributed by atoms with Gasteiger partial charge in [-0.1, -0.05) is 11.4 Å². The summed E-state index contributed by atoms with van der Waals surface area (Å²) in [7, 11) is 1.91. The van der Waals surface area contributed by atoms with Gasteiger partial charge in [0.1, 0.15) is 10.7 Å². The number of morpholine rings is 1. The molecule has 1 N–H and O–H groups in total. The van der Waals surface area contributed by atoms with Crippen LogP contribution in [0, 0.1) is 0 Å². The Labute approximate surface area is 106 Å². The van der Waals surface area contributed by atoms with Gasteiger partial charge in [0.2, 0.25) is 0 Å². The summed E-state index contributed by atoms with van der Waals surface area (Å²) in [4.78, 5) is 2.45. The first kappa shape index (κ1) is 12.7. The summed E-state index contributed by atoms with van der Waals surface area (Å²) in [5.41, 5.74) is 1.05. The molecule has 1 fully saturated rings. The zero-order chi connectivity index (χ0) is 12.3. The maximum Gasteiger partial charge on any atom is 0.134 e. The molecule has 0 aliphatic carbocycles. The third kappa shape index (κ3) is 2.94. The van der Waals surface area contributed by atoms with E-state index in [2.05, 4.69) is 33.7 Å². The molecular weight excluding hydrogens is 236 g/mol. The first-order valence-corrected chi connectivity index (χ1v) is 6.86. The number of anilines is 1. The largest absolute Gasteiger partial charge is 0.377 e. The van der Waals surface area contributed by atoms with Crippen LogP contribution in [-0.2, 0) is 11.3 Å². The number of rotatable bonds is 4. The molecular formula is C11H20N4OS. The summed E-state index contributed by atoms with van der Waals surface area (Å²) in [6.45, 7) is 6.98. The van der Waals surface area contributed by atoms with Gasteiger partial charge < -0.3 is 10.1 Å². The lowest BCUT2D eigenvalue weighted by atomic mass is 10.1. The van der Waals surface area contributed by atoms with Gasteiger partial charge in [-0.15, -0.1) is 5.10 Å². The van der Waals surface area contributed by atoms with E-state index in [1.807, 2.05) is 7.05 Å². The summed E-state index contributed by atoms with van der Waals surface area (Å²) < 4.78 is 9.70. The topological polar surface area (TPSA) is 50.3 Å². The molecule has 2 rings (SSSR count). The molecule has 0 aromatic carbocycles. The van der Waals surface area contributed by atoms with Crippen LogP contribution in [0.2, 0.25) is 0 Å². The highest BCUT2D eigenvalue weighted by Gasteiger charge is 2.26. The van der Waals surface area contributed by atoms with Crippen molar-refractivity contribution in [1.82, 2.24) is 14.5 Å². The summed E-state index contributed by atoms with van der Waals surface area (Å²) >= 11 is 1.42. The molecule has 0 bridgehead atoms. The highest BCUT2D eigenvalue weighted by Crippen LogP contribution is 2.22.